The number of carbonyl (C=O) groups is 2. The molecule has 0 aliphatic heterocycles. The molecule has 108 valence electrons. The van der Waals surface area contributed by atoms with Gasteiger partial charge in [0.05, 0.1) is 13.7 Å². The minimum atomic E-state index is -0.664. The van der Waals surface area contributed by atoms with E-state index >= 15 is 0 Å². The molecule has 0 fully saturated rings. The molecule has 0 heterocycles. The van der Waals surface area contributed by atoms with E-state index in [0.29, 0.717) is 6.61 Å². The largest absolute Gasteiger partial charge is 0.497 e. The number of carbonyl (C=O) groups excluding carboxylic acids is 2. The number of hydrogen-bond donors (Lipinski definition) is 1. The van der Waals surface area contributed by atoms with Gasteiger partial charge < -0.3 is 14.8 Å². The Labute approximate surface area is 118 Å². The van der Waals surface area contributed by atoms with Crippen molar-refractivity contribution in [1.29, 1.82) is 0 Å². The molecule has 0 spiro atoms. The van der Waals surface area contributed by atoms with Gasteiger partial charge in [-0.05, 0) is 37.6 Å². The minimum absolute atomic E-state index is 0.292. The molecule has 1 unspecified atom stereocenters. The third-order valence-electron chi connectivity index (χ3n) is 2.54. The molecule has 0 bridgehead atoms. The number of benzene rings is 1. The van der Waals surface area contributed by atoms with E-state index in [1.54, 1.807) is 39.2 Å². The summed E-state index contributed by atoms with van der Waals surface area (Å²) >= 11 is 0. The van der Waals surface area contributed by atoms with E-state index in [2.05, 4.69) is 5.32 Å². The highest BCUT2D eigenvalue weighted by Crippen LogP contribution is 2.12. The van der Waals surface area contributed by atoms with Crippen LogP contribution in [0.5, 0.6) is 5.75 Å². The van der Waals surface area contributed by atoms with Crippen LogP contribution in [0.1, 0.15) is 19.4 Å². The number of methoxy groups -OCH3 is 1. The number of nitrogens with one attached hydrogen (secondary N) is 1. The zero-order chi connectivity index (χ0) is 15.0. The highest BCUT2D eigenvalue weighted by molar-refractivity contribution is 5.94. The van der Waals surface area contributed by atoms with Crippen molar-refractivity contribution in [2.75, 3.05) is 13.7 Å². The van der Waals surface area contributed by atoms with E-state index in [1.165, 1.54) is 6.08 Å². The Bertz CT molecular complexity index is 479. The summed E-state index contributed by atoms with van der Waals surface area (Å²) < 4.78 is 9.84. The first-order valence-electron chi connectivity index (χ1n) is 6.36. The highest BCUT2D eigenvalue weighted by atomic mass is 16.5. The third kappa shape index (κ3) is 5.14. The van der Waals surface area contributed by atoms with Gasteiger partial charge in [-0.3, -0.25) is 4.79 Å². The van der Waals surface area contributed by atoms with Crippen LogP contribution in [0.25, 0.3) is 6.08 Å². The Morgan fingerprint density at radius 2 is 1.95 bits per heavy atom. The van der Waals surface area contributed by atoms with Crippen LogP contribution in [-0.2, 0) is 14.3 Å². The molecule has 1 amide bonds. The second-order valence-corrected chi connectivity index (χ2v) is 4.09. The Hall–Kier alpha value is -2.30. The van der Waals surface area contributed by atoms with Gasteiger partial charge in [-0.2, -0.15) is 0 Å². The van der Waals surface area contributed by atoms with Crippen LogP contribution in [0.15, 0.2) is 30.3 Å². The standard InChI is InChI=1S/C15H19NO4/c1-4-20-15(18)11(2)16-14(17)10-7-12-5-8-13(19-3)9-6-12/h5-11H,4H2,1-3H3,(H,16,17). The predicted molar refractivity (Wildman–Crippen MR) is 76.3 cm³/mol. The molecule has 0 radical (unpaired) electrons. The Balaban J connectivity index is 2.52. The molecule has 0 saturated heterocycles. The second kappa shape index (κ2) is 7.99. The first kappa shape index (κ1) is 15.8. The topological polar surface area (TPSA) is 64.6 Å². The fourth-order valence-corrected chi connectivity index (χ4v) is 1.47. The van der Waals surface area contributed by atoms with Crippen molar-refractivity contribution < 1.29 is 19.1 Å². The van der Waals surface area contributed by atoms with E-state index in [9.17, 15) is 9.59 Å². The molecular formula is C15H19NO4. The summed E-state index contributed by atoms with van der Waals surface area (Å²) in [4.78, 5) is 23.0. The molecule has 1 aromatic carbocycles. The molecule has 20 heavy (non-hydrogen) atoms. The highest BCUT2D eigenvalue weighted by Gasteiger charge is 2.14. The van der Waals surface area contributed by atoms with Gasteiger partial charge in [-0.25, -0.2) is 4.79 Å². The molecule has 5 nitrogen and oxygen atoms in total. The maximum absolute atomic E-state index is 11.6. The van der Waals surface area contributed by atoms with Crippen molar-refractivity contribution in [1.82, 2.24) is 5.32 Å². The van der Waals surface area contributed by atoms with Crippen LogP contribution < -0.4 is 10.1 Å². The quantitative estimate of drug-likeness (QED) is 0.636. The summed E-state index contributed by atoms with van der Waals surface area (Å²) in [6.07, 6.45) is 3.03. The summed E-state index contributed by atoms with van der Waals surface area (Å²) in [6.45, 7) is 3.59. The number of amides is 1. The van der Waals surface area contributed by atoms with Gasteiger partial charge in [0.15, 0.2) is 0 Å². The van der Waals surface area contributed by atoms with Crippen LogP contribution in [0.3, 0.4) is 0 Å². The van der Waals surface area contributed by atoms with Crippen molar-refractivity contribution >= 4 is 18.0 Å². The molecule has 1 aromatic rings. The van der Waals surface area contributed by atoms with Gasteiger partial charge in [0, 0.05) is 6.08 Å². The normalized spacial score (nSPS) is 11.9. The molecular weight excluding hydrogens is 258 g/mol. The fourth-order valence-electron chi connectivity index (χ4n) is 1.47. The number of rotatable bonds is 6. The molecule has 0 saturated carbocycles. The molecule has 1 rings (SSSR count). The lowest BCUT2D eigenvalue weighted by Gasteiger charge is -2.10. The van der Waals surface area contributed by atoms with Crippen LogP contribution in [0.4, 0.5) is 0 Å². The molecule has 0 aliphatic carbocycles. The SMILES string of the molecule is CCOC(=O)C(C)NC(=O)C=Cc1ccc(OC)cc1. The van der Waals surface area contributed by atoms with Crippen molar-refractivity contribution in [3.8, 4) is 5.75 Å². The smallest absolute Gasteiger partial charge is 0.328 e. The summed E-state index contributed by atoms with van der Waals surface area (Å²) in [5.74, 6) is -0.0393. The van der Waals surface area contributed by atoms with E-state index in [0.717, 1.165) is 11.3 Å². The average molecular weight is 277 g/mol. The molecule has 0 aromatic heterocycles. The van der Waals surface area contributed by atoms with E-state index in [1.807, 2.05) is 12.1 Å². The lowest BCUT2D eigenvalue weighted by Crippen LogP contribution is -2.38. The summed E-state index contributed by atoms with van der Waals surface area (Å²) in [7, 11) is 1.59. The van der Waals surface area contributed by atoms with Gasteiger partial charge in [-0.1, -0.05) is 12.1 Å². The summed E-state index contributed by atoms with van der Waals surface area (Å²) in [5.41, 5.74) is 0.865. The van der Waals surface area contributed by atoms with Crippen molar-refractivity contribution in [2.24, 2.45) is 0 Å². The molecule has 0 aliphatic rings. The number of esters is 1. The number of hydrogen-bond acceptors (Lipinski definition) is 4. The van der Waals surface area contributed by atoms with Crippen LogP contribution in [0.2, 0.25) is 0 Å². The van der Waals surface area contributed by atoms with Crippen molar-refractivity contribution in [2.45, 2.75) is 19.9 Å². The van der Waals surface area contributed by atoms with Crippen molar-refractivity contribution in [3.63, 3.8) is 0 Å². The summed E-state index contributed by atoms with van der Waals surface area (Å²) in [5, 5.41) is 2.53. The van der Waals surface area contributed by atoms with Crippen LogP contribution in [0, 0.1) is 0 Å². The Morgan fingerprint density at radius 1 is 1.30 bits per heavy atom. The maximum atomic E-state index is 11.6. The third-order valence-corrected chi connectivity index (χ3v) is 2.54. The van der Waals surface area contributed by atoms with E-state index in [4.69, 9.17) is 9.47 Å². The zero-order valence-electron chi connectivity index (χ0n) is 11.9. The second-order valence-electron chi connectivity index (χ2n) is 4.09. The first-order chi connectivity index (χ1) is 9.56. The molecule has 5 heteroatoms. The fraction of sp³-hybridized carbons (Fsp3) is 0.333. The van der Waals surface area contributed by atoms with Gasteiger partial charge in [0.25, 0.3) is 0 Å². The predicted octanol–water partition coefficient (Wildman–Crippen LogP) is 1.78. The Morgan fingerprint density at radius 3 is 2.50 bits per heavy atom. The van der Waals surface area contributed by atoms with Gasteiger partial charge in [-0.15, -0.1) is 0 Å². The minimum Gasteiger partial charge on any atom is -0.497 e. The van der Waals surface area contributed by atoms with Gasteiger partial charge in [0.2, 0.25) is 5.91 Å². The first-order valence-corrected chi connectivity index (χ1v) is 6.36. The van der Waals surface area contributed by atoms with Gasteiger partial charge >= 0.3 is 5.97 Å². The average Bonchev–Trinajstić information content (AvgIpc) is 2.45. The van der Waals surface area contributed by atoms with E-state index in [-0.39, 0.29) is 5.91 Å². The lowest BCUT2D eigenvalue weighted by molar-refractivity contribution is -0.146. The lowest BCUT2D eigenvalue weighted by atomic mass is 10.2. The van der Waals surface area contributed by atoms with Crippen molar-refractivity contribution in [3.05, 3.63) is 35.9 Å². The van der Waals surface area contributed by atoms with E-state index < -0.39 is 12.0 Å². The van der Waals surface area contributed by atoms with Crippen LogP contribution in [-0.4, -0.2) is 31.6 Å². The molecule has 1 N–H and O–H groups in total. The summed E-state index contributed by atoms with van der Waals surface area (Å²) in [6, 6.07) is 6.61. The van der Waals surface area contributed by atoms with Crippen LogP contribution >= 0.6 is 0 Å². The Kier molecular flexibility index (Phi) is 6.29. The zero-order valence-corrected chi connectivity index (χ0v) is 11.9. The maximum Gasteiger partial charge on any atom is 0.328 e. The van der Waals surface area contributed by atoms with Gasteiger partial charge in [0.1, 0.15) is 11.8 Å². The monoisotopic (exact) mass is 277 g/mol. The number of ether oxygens (including phenoxy) is 2. The molecule has 1 atom stereocenters.